The molecule has 1 aliphatic carbocycles. The van der Waals surface area contributed by atoms with Gasteiger partial charge in [0.15, 0.2) is 0 Å². The number of rotatable bonds is 5. The Bertz CT molecular complexity index is 452. The van der Waals surface area contributed by atoms with E-state index in [9.17, 15) is 15.2 Å². The van der Waals surface area contributed by atoms with Crippen LogP contribution in [-0.2, 0) is 0 Å². The smallest absolute Gasteiger partial charge is 0.275 e. The van der Waals surface area contributed by atoms with Gasteiger partial charge in [-0.1, -0.05) is 0 Å². The van der Waals surface area contributed by atoms with Gasteiger partial charge in [-0.3, -0.25) is 10.1 Å². The van der Waals surface area contributed by atoms with Crippen LogP contribution in [0.15, 0.2) is 18.2 Å². The topological polar surface area (TPSA) is 84.6 Å². The van der Waals surface area contributed by atoms with Gasteiger partial charge < -0.3 is 15.2 Å². The molecule has 0 radical (unpaired) electrons. The number of hydrogen-bond donors (Lipinski definition) is 2. The lowest BCUT2D eigenvalue weighted by Gasteiger charge is -2.41. The lowest BCUT2D eigenvalue weighted by molar-refractivity contribution is -0.384. The molecule has 1 aromatic rings. The van der Waals surface area contributed by atoms with Crippen LogP contribution < -0.4 is 10.1 Å². The van der Waals surface area contributed by atoms with Gasteiger partial charge in [0.1, 0.15) is 5.75 Å². The molecule has 0 bridgehead atoms. The maximum Gasteiger partial charge on any atom is 0.275 e. The van der Waals surface area contributed by atoms with Crippen molar-refractivity contribution >= 4 is 11.4 Å². The van der Waals surface area contributed by atoms with Crippen molar-refractivity contribution in [3.8, 4) is 5.75 Å². The Kier molecular flexibility index (Phi) is 3.38. The van der Waals surface area contributed by atoms with Crippen molar-refractivity contribution in [1.29, 1.82) is 0 Å². The fourth-order valence-electron chi connectivity index (χ4n) is 2.11. The van der Waals surface area contributed by atoms with Gasteiger partial charge in [0, 0.05) is 17.8 Å². The molecule has 6 nitrogen and oxygen atoms in total. The van der Waals surface area contributed by atoms with E-state index in [0.29, 0.717) is 11.4 Å². The summed E-state index contributed by atoms with van der Waals surface area (Å²) in [5.41, 5.74) is 0.249. The molecule has 1 saturated carbocycles. The molecule has 2 N–H and O–H groups in total. The molecule has 0 aliphatic heterocycles. The Morgan fingerprint density at radius 3 is 2.67 bits per heavy atom. The second kappa shape index (κ2) is 4.81. The third kappa shape index (κ3) is 2.38. The molecule has 0 spiro atoms. The van der Waals surface area contributed by atoms with Gasteiger partial charge in [-0.05, 0) is 19.3 Å². The van der Waals surface area contributed by atoms with E-state index in [1.807, 2.05) is 0 Å². The van der Waals surface area contributed by atoms with Crippen LogP contribution in [0.3, 0.4) is 0 Å². The number of nitro benzene ring substituents is 1. The van der Waals surface area contributed by atoms with Crippen molar-refractivity contribution in [3.05, 3.63) is 28.3 Å². The molecule has 1 fully saturated rings. The van der Waals surface area contributed by atoms with Crippen LogP contribution in [0.1, 0.15) is 19.3 Å². The number of aliphatic hydroxyl groups excluding tert-OH is 1. The summed E-state index contributed by atoms with van der Waals surface area (Å²) < 4.78 is 5.04. The first kappa shape index (κ1) is 12.6. The normalized spacial score (nSPS) is 16.8. The van der Waals surface area contributed by atoms with E-state index in [1.165, 1.54) is 19.2 Å². The van der Waals surface area contributed by atoms with E-state index in [2.05, 4.69) is 5.32 Å². The van der Waals surface area contributed by atoms with Crippen molar-refractivity contribution in [3.63, 3.8) is 0 Å². The number of nitrogens with zero attached hydrogens (tertiary/aromatic N) is 1. The van der Waals surface area contributed by atoms with Crippen molar-refractivity contribution in [2.75, 3.05) is 19.0 Å². The van der Waals surface area contributed by atoms with Gasteiger partial charge in [0.25, 0.3) is 5.69 Å². The van der Waals surface area contributed by atoms with Gasteiger partial charge in [-0.15, -0.1) is 0 Å². The maximum absolute atomic E-state index is 10.8. The van der Waals surface area contributed by atoms with E-state index in [4.69, 9.17) is 4.74 Å². The summed E-state index contributed by atoms with van der Waals surface area (Å²) in [7, 11) is 1.47. The van der Waals surface area contributed by atoms with Crippen LogP contribution >= 0.6 is 0 Å². The third-order valence-electron chi connectivity index (χ3n) is 3.36. The van der Waals surface area contributed by atoms with Crippen LogP contribution in [0.2, 0.25) is 0 Å². The second-order valence-electron chi connectivity index (χ2n) is 4.59. The number of nitro groups is 1. The van der Waals surface area contributed by atoms with E-state index in [0.717, 1.165) is 19.3 Å². The summed E-state index contributed by atoms with van der Waals surface area (Å²) >= 11 is 0. The molecule has 0 unspecified atom stereocenters. The first-order chi connectivity index (χ1) is 8.58. The van der Waals surface area contributed by atoms with Crippen molar-refractivity contribution in [2.45, 2.75) is 24.8 Å². The molecule has 1 aromatic carbocycles. The van der Waals surface area contributed by atoms with Gasteiger partial charge in [0.05, 0.1) is 30.2 Å². The van der Waals surface area contributed by atoms with Crippen LogP contribution in [-0.4, -0.2) is 29.3 Å². The van der Waals surface area contributed by atoms with Crippen molar-refractivity contribution < 1.29 is 14.8 Å². The number of anilines is 1. The fraction of sp³-hybridized carbons (Fsp3) is 0.500. The number of non-ortho nitro benzene ring substituents is 1. The van der Waals surface area contributed by atoms with Gasteiger partial charge >= 0.3 is 0 Å². The Labute approximate surface area is 105 Å². The monoisotopic (exact) mass is 252 g/mol. The number of benzene rings is 1. The summed E-state index contributed by atoms with van der Waals surface area (Å²) in [6, 6.07) is 4.53. The highest BCUT2D eigenvalue weighted by Gasteiger charge is 2.36. The summed E-state index contributed by atoms with van der Waals surface area (Å²) in [6.45, 7) is 0.0258. The predicted octanol–water partition coefficient (Wildman–Crippen LogP) is 1.93. The maximum atomic E-state index is 10.8. The number of methoxy groups -OCH3 is 1. The Balaban J connectivity index is 2.26. The lowest BCUT2D eigenvalue weighted by atomic mass is 9.77. The minimum absolute atomic E-state index is 0.0238. The Hall–Kier alpha value is -1.82. The summed E-state index contributed by atoms with van der Waals surface area (Å²) in [5, 5.41) is 23.4. The summed E-state index contributed by atoms with van der Waals surface area (Å²) in [4.78, 5) is 10.4. The number of nitrogens with one attached hydrogen (secondary N) is 1. The van der Waals surface area contributed by atoms with Gasteiger partial charge in [-0.2, -0.15) is 0 Å². The van der Waals surface area contributed by atoms with Crippen molar-refractivity contribution in [1.82, 2.24) is 0 Å². The zero-order valence-electron chi connectivity index (χ0n) is 10.2. The van der Waals surface area contributed by atoms with Crippen LogP contribution in [0, 0.1) is 10.1 Å². The van der Waals surface area contributed by atoms with Crippen LogP contribution in [0.4, 0.5) is 11.4 Å². The predicted molar refractivity (Wildman–Crippen MR) is 66.9 cm³/mol. The largest absolute Gasteiger partial charge is 0.496 e. The zero-order valence-corrected chi connectivity index (χ0v) is 10.2. The van der Waals surface area contributed by atoms with E-state index in [-0.39, 0.29) is 17.8 Å². The highest BCUT2D eigenvalue weighted by Crippen LogP contribution is 2.36. The van der Waals surface area contributed by atoms with E-state index < -0.39 is 4.92 Å². The van der Waals surface area contributed by atoms with Gasteiger partial charge in [0.2, 0.25) is 0 Å². The molecular formula is C12H16N2O4. The highest BCUT2D eigenvalue weighted by molar-refractivity contribution is 5.57. The molecule has 2 rings (SSSR count). The standard InChI is InChI=1S/C12H16N2O4/c1-18-11-6-9(5-10(7-11)14(16)17)13-12(8-15)3-2-4-12/h5-7,13,15H,2-4,8H2,1H3. The van der Waals surface area contributed by atoms with E-state index >= 15 is 0 Å². The molecule has 1 aliphatic rings. The molecule has 0 amide bonds. The van der Waals surface area contributed by atoms with Gasteiger partial charge in [-0.25, -0.2) is 0 Å². The first-order valence-electron chi connectivity index (χ1n) is 5.81. The lowest BCUT2D eigenvalue weighted by Crippen LogP contribution is -2.48. The molecule has 0 heterocycles. The second-order valence-corrected chi connectivity index (χ2v) is 4.59. The molecular weight excluding hydrogens is 236 g/mol. The SMILES string of the molecule is COc1cc(NC2(CO)CCC2)cc([N+](=O)[O-])c1. The Morgan fingerprint density at radius 1 is 1.50 bits per heavy atom. The molecule has 6 heteroatoms. The van der Waals surface area contributed by atoms with Crippen molar-refractivity contribution in [2.24, 2.45) is 0 Å². The molecule has 0 atom stereocenters. The number of hydrogen-bond acceptors (Lipinski definition) is 5. The minimum atomic E-state index is -0.458. The minimum Gasteiger partial charge on any atom is -0.496 e. The number of ether oxygens (including phenoxy) is 1. The molecule has 98 valence electrons. The first-order valence-corrected chi connectivity index (χ1v) is 5.81. The average Bonchev–Trinajstić information content (AvgIpc) is 2.33. The quantitative estimate of drug-likeness (QED) is 0.618. The highest BCUT2D eigenvalue weighted by atomic mass is 16.6. The Morgan fingerprint density at radius 2 is 2.22 bits per heavy atom. The zero-order chi connectivity index (χ0) is 13.2. The molecule has 0 aromatic heterocycles. The van der Waals surface area contributed by atoms with E-state index in [1.54, 1.807) is 6.07 Å². The molecule has 0 saturated heterocycles. The average molecular weight is 252 g/mol. The summed E-state index contributed by atoms with van der Waals surface area (Å²) in [6.07, 6.45) is 2.79. The molecule has 18 heavy (non-hydrogen) atoms. The summed E-state index contributed by atoms with van der Waals surface area (Å²) in [5.74, 6) is 0.430. The van der Waals surface area contributed by atoms with Crippen LogP contribution in [0.5, 0.6) is 5.75 Å². The third-order valence-corrected chi connectivity index (χ3v) is 3.36. The van der Waals surface area contributed by atoms with Crippen LogP contribution in [0.25, 0.3) is 0 Å². The number of aliphatic hydroxyl groups is 1. The fourth-order valence-corrected chi connectivity index (χ4v) is 2.11.